The number of hydrazine groups is 1. The third-order valence-corrected chi connectivity index (χ3v) is 3.14. The van der Waals surface area contributed by atoms with Crippen molar-refractivity contribution in [3.8, 4) is 5.75 Å². The van der Waals surface area contributed by atoms with Gasteiger partial charge in [0.2, 0.25) is 0 Å². The van der Waals surface area contributed by atoms with Gasteiger partial charge in [0.25, 0.3) is 0 Å². The number of hydrogen-bond donors (Lipinski definition) is 2. The van der Waals surface area contributed by atoms with Crippen molar-refractivity contribution in [2.45, 2.75) is 39.2 Å². The number of rotatable bonds is 7. The van der Waals surface area contributed by atoms with Gasteiger partial charge in [-0.2, -0.15) is 0 Å². The van der Waals surface area contributed by atoms with Gasteiger partial charge in [-0.15, -0.1) is 0 Å². The Morgan fingerprint density at radius 2 is 1.94 bits per heavy atom. The lowest BCUT2D eigenvalue weighted by Crippen LogP contribution is -2.29. The largest absolute Gasteiger partial charge is 0.497 e. The van der Waals surface area contributed by atoms with Gasteiger partial charge in [0, 0.05) is 6.04 Å². The van der Waals surface area contributed by atoms with Crippen LogP contribution in [0.2, 0.25) is 0 Å². The number of benzene rings is 1. The fraction of sp³-hybridized carbons (Fsp3) is 0.571. The summed E-state index contributed by atoms with van der Waals surface area (Å²) in [6.45, 7) is 4.49. The molecule has 0 aliphatic rings. The molecule has 1 rings (SSSR count). The van der Waals surface area contributed by atoms with Crippen LogP contribution >= 0.6 is 0 Å². The van der Waals surface area contributed by atoms with E-state index in [0.717, 1.165) is 12.2 Å². The van der Waals surface area contributed by atoms with E-state index in [1.54, 1.807) is 7.11 Å². The Morgan fingerprint density at radius 1 is 1.29 bits per heavy atom. The molecule has 0 amide bonds. The molecule has 1 aromatic rings. The molecule has 0 aliphatic carbocycles. The summed E-state index contributed by atoms with van der Waals surface area (Å²) in [5, 5.41) is 0. The summed E-state index contributed by atoms with van der Waals surface area (Å²) in [5.41, 5.74) is 4.12. The lowest BCUT2D eigenvalue weighted by atomic mass is 9.93. The quantitative estimate of drug-likeness (QED) is 0.565. The highest BCUT2D eigenvalue weighted by atomic mass is 16.5. The maximum absolute atomic E-state index is 5.64. The monoisotopic (exact) mass is 236 g/mol. The molecule has 0 aliphatic heterocycles. The van der Waals surface area contributed by atoms with Crippen LogP contribution in [0.4, 0.5) is 0 Å². The SMILES string of the molecule is CCCC(C)CC(NN)c1ccc(OC)cc1. The molecule has 0 spiro atoms. The Kier molecular flexibility index (Phi) is 6.01. The minimum atomic E-state index is 0.224. The van der Waals surface area contributed by atoms with Crippen LogP contribution < -0.4 is 16.0 Å². The molecule has 3 heteroatoms. The number of ether oxygens (including phenoxy) is 1. The molecular formula is C14H24N2O. The van der Waals surface area contributed by atoms with E-state index in [-0.39, 0.29) is 6.04 Å². The van der Waals surface area contributed by atoms with Gasteiger partial charge in [-0.05, 0) is 30.0 Å². The van der Waals surface area contributed by atoms with Crippen molar-refractivity contribution < 1.29 is 4.74 Å². The summed E-state index contributed by atoms with van der Waals surface area (Å²) in [7, 11) is 1.68. The Morgan fingerprint density at radius 3 is 2.41 bits per heavy atom. The van der Waals surface area contributed by atoms with Crippen LogP contribution in [-0.4, -0.2) is 7.11 Å². The third-order valence-electron chi connectivity index (χ3n) is 3.14. The third kappa shape index (κ3) is 4.36. The van der Waals surface area contributed by atoms with E-state index in [1.165, 1.54) is 18.4 Å². The molecule has 2 atom stereocenters. The molecule has 1 aromatic carbocycles. The average Bonchev–Trinajstić information content (AvgIpc) is 2.36. The molecule has 96 valence electrons. The van der Waals surface area contributed by atoms with Crippen molar-refractivity contribution in [2.75, 3.05) is 7.11 Å². The van der Waals surface area contributed by atoms with Crippen LogP contribution in [0.1, 0.15) is 44.7 Å². The number of nitrogens with one attached hydrogen (secondary N) is 1. The molecule has 0 fully saturated rings. The van der Waals surface area contributed by atoms with Gasteiger partial charge in [0.05, 0.1) is 7.11 Å². The maximum Gasteiger partial charge on any atom is 0.118 e. The molecule has 0 heterocycles. The highest BCUT2D eigenvalue weighted by molar-refractivity contribution is 5.29. The second kappa shape index (κ2) is 7.30. The van der Waals surface area contributed by atoms with Crippen molar-refractivity contribution in [2.24, 2.45) is 11.8 Å². The summed E-state index contributed by atoms with van der Waals surface area (Å²) in [6.07, 6.45) is 3.53. The minimum absolute atomic E-state index is 0.224. The van der Waals surface area contributed by atoms with E-state index >= 15 is 0 Å². The van der Waals surface area contributed by atoms with Crippen LogP contribution in [0.15, 0.2) is 24.3 Å². The second-order valence-electron chi connectivity index (χ2n) is 4.62. The predicted octanol–water partition coefficient (Wildman–Crippen LogP) is 3.03. The van der Waals surface area contributed by atoms with Crippen LogP contribution in [0.25, 0.3) is 0 Å². The first-order valence-electron chi connectivity index (χ1n) is 6.31. The van der Waals surface area contributed by atoms with Gasteiger partial charge in [-0.1, -0.05) is 38.8 Å². The summed E-state index contributed by atoms with van der Waals surface area (Å²) in [6, 6.07) is 8.32. The fourth-order valence-corrected chi connectivity index (χ4v) is 2.15. The summed E-state index contributed by atoms with van der Waals surface area (Å²) in [5.74, 6) is 7.20. The van der Waals surface area contributed by atoms with Crippen LogP contribution in [0.3, 0.4) is 0 Å². The predicted molar refractivity (Wildman–Crippen MR) is 71.7 cm³/mol. The standard InChI is InChI=1S/C14H24N2O/c1-4-5-11(2)10-14(16-15)12-6-8-13(17-3)9-7-12/h6-9,11,14,16H,4-5,10,15H2,1-3H3. The summed E-state index contributed by atoms with van der Waals surface area (Å²) >= 11 is 0. The Hall–Kier alpha value is -1.06. The van der Waals surface area contributed by atoms with Crippen molar-refractivity contribution in [3.05, 3.63) is 29.8 Å². The molecule has 0 aromatic heterocycles. The van der Waals surface area contributed by atoms with Crippen LogP contribution in [0.5, 0.6) is 5.75 Å². The van der Waals surface area contributed by atoms with Crippen molar-refractivity contribution in [3.63, 3.8) is 0 Å². The lowest BCUT2D eigenvalue weighted by Gasteiger charge is -2.20. The zero-order valence-electron chi connectivity index (χ0n) is 11.1. The van der Waals surface area contributed by atoms with Gasteiger partial charge in [-0.25, -0.2) is 0 Å². The molecule has 0 bridgehead atoms. The van der Waals surface area contributed by atoms with Gasteiger partial charge >= 0.3 is 0 Å². The molecule has 3 nitrogen and oxygen atoms in total. The lowest BCUT2D eigenvalue weighted by molar-refractivity contribution is 0.393. The van der Waals surface area contributed by atoms with Gasteiger partial charge in [0.15, 0.2) is 0 Å². The normalized spacial score (nSPS) is 14.4. The van der Waals surface area contributed by atoms with Crippen LogP contribution in [0, 0.1) is 5.92 Å². The molecule has 17 heavy (non-hydrogen) atoms. The first-order chi connectivity index (χ1) is 8.21. The van der Waals surface area contributed by atoms with Gasteiger partial charge in [-0.3, -0.25) is 11.3 Å². The Labute approximate surface area is 104 Å². The maximum atomic E-state index is 5.64. The van der Waals surface area contributed by atoms with E-state index in [9.17, 15) is 0 Å². The molecular weight excluding hydrogens is 212 g/mol. The highest BCUT2D eigenvalue weighted by Crippen LogP contribution is 2.24. The topological polar surface area (TPSA) is 47.3 Å². The fourth-order valence-electron chi connectivity index (χ4n) is 2.15. The first-order valence-corrected chi connectivity index (χ1v) is 6.31. The molecule has 0 radical (unpaired) electrons. The van der Waals surface area contributed by atoms with E-state index in [1.807, 2.05) is 12.1 Å². The van der Waals surface area contributed by atoms with E-state index in [0.29, 0.717) is 5.92 Å². The highest BCUT2D eigenvalue weighted by Gasteiger charge is 2.13. The van der Waals surface area contributed by atoms with Crippen LogP contribution in [-0.2, 0) is 0 Å². The molecule has 0 saturated heterocycles. The number of hydrogen-bond acceptors (Lipinski definition) is 3. The van der Waals surface area contributed by atoms with E-state index in [2.05, 4.69) is 31.4 Å². The number of methoxy groups -OCH3 is 1. The zero-order valence-corrected chi connectivity index (χ0v) is 11.1. The van der Waals surface area contributed by atoms with Crippen molar-refractivity contribution in [1.29, 1.82) is 0 Å². The summed E-state index contributed by atoms with van der Waals surface area (Å²) < 4.78 is 5.15. The van der Waals surface area contributed by atoms with Gasteiger partial charge in [0.1, 0.15) is 5.75 Å². The molecule has 2 unspecified atom stereocenters. The Balaban J connectivity index is 2.65. The first kappa shape index (κ1) is 14.0. The average molecular weight is 236 g/mol. The zero-order chi connectivity index (χ0) is 12.7. The smallest absolute Gasteiger partial charge is 0.118 e. The van der Waals surface area contributed by atoms with E-state index < -0.39 is 0 Å². The number of nitrogens with two attached hydrogens (primary N) is 1. The van der Waals surface area contributed by atoms with Crippen molar-refractivity contribution >= 4 is 0 Å². The summed E-state index contributed by atoms with van der Waals surface area (Å²) in [4.78, 5) is 0. The molecule has 3 N–H and O–H groups in total. The van der Waals surface area contributed by atoms with Gasteiger partial charge < -0.3 is 4.74 Å². The second-order valence-corrected chi connectivity index (χ2v) is 4.62. The Bertz CT molecular complexity index is 311. The van der Waals surface area contributed by atoms with E-state index in [4.69, 9.17) is 10.6 Å². The van der Waals surface area contributed by atoms with Crippen molar-refractivity contribution in [1.82, 2.24) is 5.43 Å². The minimum Gasteiger partial charge on any atom is -0.497 e. The molecule has 0 saturated carbocycles.